The highest BCUT2D eigenvalue weighted by molar-refractivity contribution is 5.97. The zero-order valence-corrected chi connectivity index (χ0v) is 21.5. The highest BCUT2D eigenvalue weighted by atomic mass is 16.5. The summed E-state index contributed by atoms with van der Waals surface area (Å²) in [6.07, 6.45) is 8.27. The smallest absolute Gasteiger partial charge is 0.227 e. The molecule has 1 saturated heterocycles. The van der Waals surface area contributed by atoms with Gasteiger partial charge in [0.2, 0.25) is 5.91 Å². The van der Waals surface area contributed by atoms with Gasteiger partial charge in [-0.1, -0.05) is 30.5 Å². The highest BCUT2D eigenvalue weighted by Crippen LogP contribution is 2.43. The summed E-state index contributed by atoms with van der Waals surface area (Å²) in [7, 11) is 0. The van der Waals surface area contributed by atoms with Crippen LogP contribution in [0, 0.1) is 13.8 Å². The van der Waals surface area contributed by atoms with E-state index >= 15 is 0 Å². The molecule has 190 valence electrons. The number of aryl methyl sites for hydroxylation is 2. The molecule has 1 aliphatic carbocycles. The second-order valence-electron chi connectivity index (χ2n) is 10.7. The van der Waals surface area contributed by atoms with Crippen LogP contribution in [0.5, 0.6) is 5.75 Å². The molecule has 2 aliphatic heterocycles. The van der Waals surface area contributed by atoms with Crippen LogP contribution in [0.15, 0.2) is 40.9 Å². The van der Waals surface area contributed by atoms with Crippen molar-refractivity contribution in [2.24, 2.45) is 0 Å². The maximum atomic E-state index is 13.3. The Morgan fingerprint density at radius 1 is 0.973 bits per heavy atom. The molecule has 1 atom stereocenters. The van der Waals surface area contributed by atoms with Crippen LogP contribution in [0.1, 0.15) is 79.9 Å². The van der Waals surface area contributed by atoms with E-state index in [1.807, 2.05) is 30.9 Å². The van der Waals surface area contributed by atoms with E-state index in [1.165, 1.54) is 24.8 Å². The number of imidazole rings is 1. The van der Waals surface area contributed by atoms with Crippen molar-refractivity contribution in [2.45, 2.75) is 77.3 Å². The van der Waals surface area contributed by atoms with E-state index in [0.29, 0.717) is 19.1 Å². The van der Waals surface area contributed by atoms with Gasteiger partial charge < -0.3 is 18.7 Å². The lowest BCUT2D eigenvalue weighted by molar-refractivity contribution is -0.117. The Hall–Kier alpha value is -3.61. The summed E-state index contributed by atoms with van der Waals surface area (Å²) >= 11 is 0. The Morgan fingerprint density at radius 2 is 1.84 bits per heavy atom. The van der Waals surface area contributed by atoms with Crippen LogP contribution >= 0.6 is 0 Å². The van der Waals surface area contributed by atoms with Crippen molar-refractivity contribution in [1.82, 2.24) is 14.7 Å². The van der Waals surface area contributed by atoms with E-state index in [1.54, 1.807) is 0 Å². The molecule has 4 heterocycles. The van der Waals surface area contributed by atoms with Crippen LogP contribution in [0.3, 0.4) is 0 Å². The van der Waals surface area contributed by atoms with Gasteiger partial charge in [0, 0.05) is 30.1 Å². The molecule has 7 nitrogen and oxygen atoms in total. The molecule has 0 bridgehead atoms. The number of carbonyl (C=O) groups excluding carboxylic acids is 1. The first-order valence-corrected chi connectivity index (χ1v) is 13.6. The number of fused-ring (bicyclic) bond motifs is 2. The predicted octanol–water partition coefficient (Wildman–Crippen LogP) is 6.62. The number of benzene rings is 2. The lowest BCUT2D eigenvalue weighted by Crippen LogP contribution is -2.30. The average molecular weight is 497 g/mol. The number of hydrogen-bond acceptors (Lipinski definition) is 5. The SMILES string of the molecule is Cc1noc(C)c1-c1ccc2c(c1)nc([C@@H]1CCC(=O)N1c1ccc3c(c1)CCO3)n2C1CCCCC1. The number of ether oxygens (including phenoxy) is 1. The predicted molar refractivity (Wildman–Crippen MR) is 142 cm³/mol. The van der Waals surface area contributed by atoms with Gasteiger partial charge in [-0.3, -0.25) is 4.79 Å². The second-order valence-corrected chi connectivity index (χ2v) is 10.7. The summed E-state index contributed by atoms with van der Waals surface area (Å²) in [4.78, 5) is 20.6. The lowest BCUT2D eigenvalue weighted by atomic mass is 9.94. The summed E-state index contributed by atoms with van der Waals surface area (Å²) in [5, 5.41) is 4.15. The molecule has 2 fully saturated rings. The standard InChI is InChI=1S/C30H32N4O3/c1-18-29(19(2)37-32-18)21-8-10-25-24(17-21)31-30(34(25)22-6-4-3-5-7-22)26-11-13-28(35)33(26)23-9-12-27-20(16-23)14-15-36-27/h8-10,12,16-17,22,26H,3-7,11,13-15H2,1-2H3/t26-/m0/s1. The van der Waals surface area contributed by atoms with E-state index < -0.39 is 0 Å². The summed E-state index contributed by atoms with van der Waals surface area (Å²) < 4.78 is 13.6. The van der Waals surface area contributed by atoms with Gasteiger partial charge >= 0.3 is 0 Å². The fourth-order valence-corrected chi connectivity index (χ4v) is 6.70. The quantitative estimate of drug-likeness (QED) is 0.318. The Morgan fingerprint density at radius 3 is 2.65 bits per heavy atom. The largest absolute Gasteiger partial charge is 0.493 e. The molecule has 7 heteroatoms. The molecule has 0 spiro atoms. The Bertz CT molecular complexity index is 1490. The van der Waals surface area contributed by atoms with Crippen LogP contribution < -0.4 is 9.64 Å². The zero-order chi connectivity index (χ0) is 25.1. The van der Waals surface area contributed by atoms with Crippen LogP contribution in [-0.4, -0.2) is 27.2 Å². The van der Waals surface area contributed by atoms with Crippen LogP contribution in [-0.2, 0) is 11.2 Å². The number of aromatic nitrogens is 3. The molecule has 7 rings (SSSR count). The van der Waals surface area contributed by atoms with E-state index in [-0.39, 0.29) is 11.9 Å². The van der Waals surface area contributed by atoms with E-state index in [4.69, 9.17) is 14.2 Å². The molecule has 1 amide bonds. The van der Waals surface area contributed by atoms with Gasteiger partial charge in [-0.15, -0.1) is 0 Å². The normalized spacial score (nSPS) is 20.1. The molecule has 0 N–H and O–H groups in total. The van der Waals surface area contributed by atoms with Crippen LogP contribution in [0.4, 0.5) is 5.69 Å². The minimum Gasteiger partial charge on any atom is -0.493 e. The van der Waals surface area contributed by atoms with Gasteiger partial charge in [-0.2, -0.15) is 0 Å². The number of nitrogens with zero attached hydrogens (tertiary/aromatic N) is 4. The van der Waals surface area contributed by atoms with Gasteiger partial charge in [0.25, 0.3) is 0 Å². The molecule has 3 aliphatic rings. The van der Waals surface area contributed by atoms with Gasteiger partial charge in [0.15, 0.2) is 0 Å². The lowest BCUT2D eigenvalue weighted by Gasteiger charge is -2.30. The minimum atomic E-state index is -0.0790. The van der Waals surface area contributed by atoms with Crippen molar-refractivity contribution in [3.8, 4) is 16.9 Å². The maximum Gasteiger partial charge on any atom is 0.227 e. The summed E-state index contributed by atoms with van der Waals surface area (Å²) in [5.74, 6) is 2.94. The third-order valence-electron chi connectivity index (χ3n) is 8.44. The first-order chi connectivity index (χ1) is 18.1. The molecule has 37 heavy (non-hydrogen) atoms. The van der Waals surface area contributed by atoms with Gasteiger partial charge in [0.1, 0.15) is 17.3 Å². The van der Waals surface area contributed by atoms with Crippen LogP contribution in [0.2, 0.25) is 0 Å². The Labute approximate surface area is 216 Å². The number of rotatable bonds is 4. The maximum absolute atomic E-state index is 13.3. The third kappa shape index (κ3) is 3.66. The molecule has 4 aromatic rings. The molecule has 2 aromatic heterocycles. The summed E-state index contributed by atoms with van der Waals surface area (Å²) in [5.41, 5.74) is 7.25. The fraction of sp³-hybridized carbons (Fsp3) is 0.433. The second kappa shape index (κ2) is 8.75. The van der Waals surface area contributed by atoms with Crippen LogP contribution in [0.25, 0.3) is 22.2 Å². The highest BCUT2D eigenvalue weighted by Gasteiger charge is 2.38. The molecule has 0 radical (unpaired) electrons. The van der Waals surface area contributed by atoms with E-state index in [2.05, 4.69) is 34.0 Å². The number of anilines is 1. The Balaban J connectivity index is 1.37. The zero-order valence-electron chi connectivity index (χ0n) is 21.5. The van der Waals surface area contributed by atoms with Crippen molar-refractivity contribution in [3.63, 3.8) is 0 Å². The van der Waals surface area contributed by atoms with Crippen molar-refractivity contribution in [2.75, 3.05) is 11.5 Å². The average Bonchev–Trinajstić information content (AvgIpc) is 3.68. The molecular weight excluding hydrogens is 464 g/mol. The van der Waals surface area contributed by atoms with Crippen molar-refractivity contribution < 1.29 is 14.1 Å². The minimum absolute atomic E-state index is 0.0790. The molecular formula is C30H32N4O3. The topological polar surface area (TPSA) is 73.4 Å². The van der Waals surface area contributed by atoms with Crippen molar-refractivity contribution in [3.05, 3.63) is 59.2 Å². The summed E-state index contributed by atoms with van der Waals surface area (Å²) in [6.45, 7) is 4.64. The third-order valence-corrected chi connectivity index (χ3v) is 8.44. The Kier molecular flexibility index (Phi) is 5.34. The molecule has 1 saturated carbocycles. The monoisotopic (exact) mass is 496 g/mol. The fourth-order valence-electron chi connectivity index (χ4n) is 6.70. The van der Waals surface area contributed by atoms with Gasteiger partial charge in [-0.25, -0.2) is 4.98 Å². The number of hydrogen-bond donors (Lipinski definition) is 0. The van der Waals surface area contributed by atoms with Gasteiger partial charge in [-0.05, 0) is 74.6 Å². The first-order valence-electron chi connectivity index (χ1n) is 13.6. The van der Waals surface area contributed by atoms with Gasteiger partial charge in [0.05, 0.1) is 29.4 Å². The van der Waals surface area contributed by atoms with E-state index in [9.17, 15) is 4.79 Å². The van der Waals surface area contributed by atoms with E-state index in [0.717, 1.165) is 76.6 Å². The summed E-state index contributed by atoms with van der Waals surface area (Å²) in [6, 6.07) is 13.0. The first kappa shape index (κ1) is 22.6. The van der Waals surface area contributed by atoms with Crippen molar-refractivity contribution in [1.29, 1.82) is 0 Å². The number of carbonyl (C=O) groups is 1. The molecule has 0 unspecified atom stereocenters. The van der Waals surface area contributed by atoms with Crippen molar-refractivity contribution >= 4 is 22.6 Å². The number of amides is 1. The molecule has 2 aromatic carbocycles.